The van der Waals surface area contributed by atoms with Gasteiger partial charge in [-0.25, -0.2) is 9.97 Å². The number of rotatable bonds is 6. The zero-order valence-corrected chi connectivity index (χ0v) is 33.2. The Bertz CT molecular complexity index is 3640. The van der Waals surface area contributed by atoms with Crippen LogP contribution in [0.15, 0.2) is 224 Å². The molecule has 0 amide bonds. The van der Waals surface area contributed by atoms with Crippen molar-refractivity contribution in [2.24, 2.45) is 0 Å². The van der Waals surface area contributed by atoms with Crippen LogP contribution in [-0.2, 0) is 0 Å². The molecule has 0 aliphatic rings. The summed E-state index contributed by atoms with van der Waals surface area (Å²) in [6.45, 7) is 0. The van der Waals surface area contributed by atoms with Gasteiger partial charge in [0, 0.05) is 33.0 Å². The zero-order chi connectivity index (χ0) is 40.3. The highest BCUT2D eigenvalue weighted by Gasteiger charge is 2.20. The maximum atomic E-state index is 5.37. The molecule has 0 aliphatic heterocycles. The Hall–Kier alpha value is -8.14. The van der Waals surface area contributed by atoms with Crippen molar-refractivity contribution < 1.29 is 0 Å². The number of fused-ring (bicyclic) bond motifs is 7. The lowest BCUT2D eigenvalue weighted by atomic mass is 9.98. The molecule has 3 heteroatoms. The summed E-state index contributed by atoms with van der Waals surface area (Å²) in [6, 6.07) is 80.6. The molecule has 0 atom stereocenters. The first-order valence-corrected chi connectivity index (χ1v) is 20.8. The number of hydrogen-bond donors (Lipinski definition) is 0. The van der Waals surface area contributed by atoms with Crippen molar-refractivity contribution in [1.29, 1.82) is 0 Å². The number of aromatic nitrogens is 3. The van der Waals surface area contributed by atoms with Gasteiger partial charge in [-0.3, -0.25) is 0 Å². The predicted molar refractivity (Wildman–Crippen MR) is 256 cm³/mol. The standard InChI is InChI=1S/C58H37N3/c1-3-14-38(15-4-1)43-23-13-24-46(32-43)52-37-53(47-27-26-39-16-7-8-20-42(39)33-47)60-58(59-52)48-29-30-54(50(35-48)40-17-5-2-6-18-40)61-55-31-28-41-19-11-12-25-49(41)57(55)51-34-44-21-9-10-22-45(44)36-56(51)61/h1-37H. The van der Waals surface area contributed by atoms with Crippen molar-refractivity contribution in [2.45, 2.75) is 0 Å². The van der Waals surface area contributed by atoms with E-state index < -0.39 is 0 Å². The Balaban J connectivity index is 1.10. The minimum Gasteiger partial charge on any atom is -0.309 e. The van der Waals surface area contributed by atoms with Crippen LogP contribution in [0.25, 0.3) is 116 Å². The Morgan fingerprint density at radius 1 is 0.295 bits per heavy atom. The minimum atomic E-state index is 0.675. The third-order valence-corrected chi connectivity index (χ3v) is 12.1. The summed E-state index contributed by atoms with van der Waals surface area (Å²) in [7, 11) is 0. The molecule has 2 heterocycles. The van der Waals surface area contributed by atoms with Gasteiger partial charge in [-0.2, -0.15) is 0 Å². The maximum absolute atomic E-state index is 5.37. The van der Waals surface area contributed by atoms with E-state index in [0.29, 0.717) is 5.82 Å². The van der Waals surface area contributed by atoms with Crippen molar-refractivity contribution in [3.05, 3.63) is 224 Å². The Kier molecular flexibility index (Phi) is 8.17. The Morgan fingerprint density at radius 3 is 1.64 bits per heavy atom. The molecule has 0 unspecified atom stereocenters. The van der Waals surface area contributed by atoms with Gasteiger partial charge in [0.2, 0.25) is 0 Å². The van der Waals surface area contributed by atoms with E-state index >= 15 is 0 Å². The van der Waals surface area contributed by atoms with Crippen LogP contribution in [-0.4, -0.2) is 14.5 Å². The first-order chi connectivity index (χ1) is 30.2. The van der Waals surface area contributed by atoms with Crippen LogP contribution >= 0.6 is 0 Å². The van der Waals surface area contributed by atoms with Crippen LogP contribution in [0.2, 0.25) is 0 Å². The molecule has 0 aliphatic carbocycles. The van der Waals surface area contributed by atoms with E-state index in [1.807, 2.05) is 0 Å². The highest BCUT2D eigenvalue weighted by atomic mass is 15.0. The van der Waals surface area contributed by atoms with Gasteiger partial charge >= 0.3 is 0 Å². The molecule has 0 fully saturated rings. The van der Waals surface area contributed by atoms with Crippen molar-refractivity contribution in [3.8, 4) is 61.8 Å². The third-order valence-electron chi connectivity index (χ3n) is 12.1. The molecule has 61 heavy (non-hydrogen) atoms. The molecule has 12 rings (SSSR count). The summed E-state index contributed by atoms with van der Waals surface area (Å²) in [6.07, 6.45) is 0. The molecule has 284 valence electrons. The number of nitrogens with zero attached hydrogens (tertiary/aromatic N) is 3. The van der Waals surface area contributed by atoms with Gasteiger partial charge in [-0.15, -0.1) is 0 Å². The SMILES string of the molecule is c1ccc(-c2cccc(-c3cc(-c4ccc5ccccc5c4)nc(-c4ccc(-n5c6cc7ccccc7cc6c6c7ccccc7ccc65)c(-c5ccccc5)c4)n3)c2)cc1. The van der Waals surface area contributed by atoms with Gasteiger partial charge in [0.25, 0.3) is 0 Å². The van der Waals surface area contributed by atoms with E-state index in [1.54, 1.807) is 0 Å². The third kappa shape index (κ3) is 6.06. The largest absolute Gasteiger partial charge is 0.309 e. The Morgan fingerprint density at radius 2 is 0.869 bits per heavy atom. The van der Waals surface area contributed by atoms with Crippen LogP contribution in [0.4, 0.5) is 0 Å². The minimum absolute atomic E-state index is 0.675. The molecule has 0 saturated carbocycles. The molecule has 12 aromatic rings. The summed E-state index contributed by atoms with van der Waals surface area (Å²) < 4.78 is 2.46. The smallest absolute Gasteiger partial charge is 0.160 e. The van der Waals surface area contributed by atoms with Crippen molar-refractivity contribution >= 4 is 54.1 Å². The van der Waals surface area contributed by atoms with Gasteiger partial charge in [0.05, 0.1) is 28.1 Å². The lowest BCUT2D eigenvalue weighted by Gasteiger charge is -2.17. The molecule has 0 spiro atoms. The highest BCUT2D eigenvalue weighted by Crippen LogP contribution is 2.42. The maximum Gasteiger partial charge on any atom is 0.160 e. The van der Waals surface area contributed by atoms with Gasteiger partial charge in [0.1, 0.15) is 0 Å². The molecule has 0 bridgehead atoms. The molecular formula is C58H37N3. The fraction of sp³-hybridized carbons (Fsp3) is 0. The lowest BCUT2D eigenvalue weighted by Crippen LogP contribution is -2.00. The molecule has 2 aromatic heterocycles. The van der Waals surface area contributed by atoms with E-state index in [2.05, 4.69) is 229 Å². The molecule has 0 saturated heterocycles. The van der Waals surface area contributed by atoms with E-state index in [9.17, 15) is 0 Å². The fourth-order valence-electron chi connectivity index (χ4n) is 9.16. The topological polar surface area (TPSA) is 30.7 Å². The monoisotopic (exact) mass is 775 g/mol. The average molecular weight is 776 g/mol. The first kappa shape index (κ1) is 34.9. The van der Waals surface area contributed by atoms with Crippen molar-refractivity contribution in [3.63, 3.8) is 0 Å². The van der Waals surface area contributed by atoms with E-state index in [4.69, 9.17) is 9.97 Å². The summed E-state index contributed by atoms with van der Waals surface area (Å²) >= 11 is 0. The van der Waals surface area contributed by atoms with Gasteiger partial charge in [0.15, 0.2) is 5.82 Å². The summed E-state index contributed by atoms with van der Waals surface area (Å²) in [5.74, 6) is 0.675. The van der Waals surface area contributed by atoms with E-state index in [1.165, 1.54) is 59.7 Å². The zero-order valence-electron chi connectivity index (χ0n) is 33.2. The fourth-order valence-corrected chi connectivity index (χ4v) is 9.16. The van der Waals surface area contributed by atoms with E-state index in [-0.39, 0.29) is 0 Å². The number of benzene rings is 10. The van der Waals surface area contributed by atoms with Crippen LogP contribution in [0.3, 0.4) is 0 Å². The first-order valence-electron chi connectivity index (χ1n) is 20.8. The summed E-state index contributed by atoms with van der Waals surface area (Å²) in [5, 5.41) is 9.80. The second kappa shape index (κ2) is 14.3. The second-order valence-corrected chi connectivity index (χ2v) is 15.8. The normalized spacial score (nSPS) is 11.6. The molecule has 0 radical (unpaired) electrons. The molecule has 10 aromatic carbocycles. The van der Waals surface area contributed by atoms with E-state index in [0.717, 1.165) is 50.5 Å². The molecule has 3 nitrogen and oxygen atoms in total. The average Bonchev–Trinajstić information content (AvgIpc) is 3.66. The quantitative estimate of drug-likeness (QED) is 0.168. The molecular weight excluding hydrogens is 739 g/mol. The predicted octanol–water partition coefficient (Wildman–Crippen LogP) is 15.4. The number of hydrogen-bond acceptors (Lipinski definition) is 2. The summed E-state index contributed by atoms with van der Waals surface area (Å²) in [5.41, 5.74) is 12.8. The van der Waals surface area contributed by atoms with Gasteiger partial charge in [-0.1, -0.05) is 170 Å². The van der Waals surface area contributed by atoms with Crippen LogP contribution in [0, 0.1) is 0 Å². The lowest BCUT2D eigenvalue weighted by molar-refractivity contribution is 1.17. The van der Waals surface area contributed by atoms with Gasteiger partial charge in [-0.05, 0) is 104 Å². The van der Waals surface area contributed by atoms with Crippen LogP contribution < -0.4 is 0 Å². The highest BCUT2D eigenvalue weighted by molar-refractivity contribution is 6.23. The van der Waals surface area contributed by atoms with Crippen LogP contribution in [0.5, 0.6) is 0 Å². The molecule has 0 N–H and O–H groups in total. The van der Waals surface area contributed by atoms with Crippen molar-refractivity contribution in [2.75, 3.05) is 0 Å². The van der Waals surface area contributed by atoms with Gasteiger partial charge < -0.3 is 4.57 Å². The van der Waals surface area contributed by atoms with Crippen molar-refractivity contribution in [1.82, 2.24) is 14.5 Å². The van der Waals surface area contributed by atoms with Crippen LogP contribution in [0.1, 0.15) is 0 Å². The summed E-state index contributed by atoms with van der Waals surface area (Å²) in [4.78, 5) is 10.7. The Labute approximate surface area is 353 Å². The second-order valence-electron chi connectivity index (χ2n) is 15.8.